The lowest BCUT2D eigenvalue weighted by Gasteiger charge is -2.19. The van der Waals surface area contributed by atoms with Gasteiger partial charge in [0, 0.05) is 22.2 Å². The maximum Gasteiger partial charge on any atom is 0.179 e. The van der Waals surface area contributed by atoms with E-state index in [2.05, 4.69) is 37.9 Å². The number of H-pyrrole nitrogens is 1. The molecule has 0 radical (unpaired) electrons. The summed E-state index contributed by atoms with van der Waals surface area (Å²) >= 11 is 0. The molecule has 1 heterocycles. The summed E-state index contributed by atoms with van der Waals surface area (Å²) in [6.45, 7) is 8.31. The summed E-state index contributed by atoms with van der Waals surface area (Å²) in [4.78, 5) is 15.3. The van der Waals surface area contributed by atoms with Crippen molar-refractivity contribution in [1.82, 2.24) is 4.98 Å². The molecule has 2 aromatic rings. The van der Waals surface area contributed by atoms with Crippen LogP contribution >= 0.6 is 0 Å². The van der Waals surface area contributed by atoms with Gasteiger partial charge in [0.05, 0.1) is 12.5 Å². The molecule has 0 atom stereocenters. The molecule has 0 saturated heterocycles. The van der Waals surface area contributed by atoms with E-state index in [0.717, 1.165) is 16.6 Å². The van der Waals surface area contributed by atoms with Gasteiger partial charge >= 0.3 is 0 Å². The van der Waals surface area contributed by atoms with E-state index in [1.54, 1.807) is 0 Å². The highest BCUT2D eigenvalue weighted by Crippen LogP contribution is 2.29. The average Bonchev–Trinajstić information content (AvgIpc) is 2.62. The number of carbonyl (C=O) groups is 1. The number of nitrogens with one attached hydrogen (secondary N) is 1. The second-order valence-corrected chi connectivity index (χ2v) is 5.89. The number of nitrogens with zero attached hydrogens (tertiary/aromatic N) is 1. The Bertz CT molecular complexity index is 681. The Balaban J connectivity index is 2.67. The number of aryl methyl sites for hydroxylation is 1. The Morgan fingerprint density at radius 2 is 2.05 bits per heavy atom. The lowest BCUT2D eigenvalue weighted by Crippen LogP contribution is -2.10. The van der Waals surface area contributed by atoms with Crippen LogP contribution in [0.25, 0.3) is 10.9 Å². The van der Waals surface area contributed by atoms with Crippen LogP contribution in [0.1, 0.15) is 48.8 Å². The van der Waals surface area contributed by atoms with Crippen molar-refractivity contribution in [2.75, 3.05) is 0 Å². The molecule has 1 aromatic carbocycles. The van der Waals surface area contributed by atoms with Gasteiger partial charge in [-0.3, -0.25) is 4.79 Å². The lowest BCUT2D eigenvalue weighted by molar-refractivity contribution is 0.0999. The second kappa shape index (κ2) is 4.55. The molecule has 1 aromatic heterocycles. The molecule has 0 aliphatic heterocycles. The smallest absolute Gasteiger partial charge is 0.179 e. The minimum absolute atomic E-state index is 0.0366. The first-order chi connectivity index (χ1) is 8.84. The molecule has 0 bridgehead atoms. The Labute approximate surface area is 113 Å². The Morgan fingerprint density at radius 1 is 1.37 bits per heavy atom. The predicted molar refractivity (Wildman–Crippen MR) is 76.3 cm³/mol. The molecule has 0 aliphatic carbocycles. The standard InChI is InChI=1S/C16H18N2O/c1-10-15(14(19)7-8-17)12-9-11(16(2,3)4)5-6-13(12)18-10/h5-6,9,18H,7H2,1-4H3. The molecule has 2 rings (SSSR count). The molecular weight excluding hydrogens is 236 g/mol. The first-order valence-electron chi connectivity index (χ1n) is 6.37. The normalized spacial score (nSPS) is 11.5. The van der Waals surface area contributed by atoms with E-state index in [-0.39, 0.29) is 17.6 Å². The lowest BCUT2D eigenvalue weighted by atomic mass is 9.86. The van der Waals surface area contributed by atoms with Crippen molar-refractivity contribution >= 4 is 16.7 Å². The summed E-state index contributed by atoms with van der Waals surface area (Å²) < 4.78 is 0. The Kier molecular flexibility index (Phi) is 3.20. The van der Waals surface area contributed by atoms with Crippen molar-refractivity contribution < 1.29 is 4.79 Å². The molecule has 0 fully saturated rings. The summed E-state index contributed by atoms with van der Waals surface area (Å²) in [7, 11) is 0. The number of rotatable bonds is 2. The number of ketones is 1. The molecule has 19 heavy (non-hydrogen) atoms. The molecule has 0 amide bonds. The average molecular weight is 254 g/mol. The van der Waals surface area contributed by atoms with Gasteiger partial charge in [-0.1, -0.05) is 26.8 Å². The van der Waals surface area contributed by atoms with E-state index >= 15 is 0 Å². The molecular formula is C16H18N2O. The first-order valence-corrected chi connectivity index (χ1v) is 6.37. The maximum atomic E-state index is 12.1. The number of aromatic nitrogens is 1. The number of carbonyl (C=O) groups excluding carboxylic acids is 1. The highest BCUT2D eigenvalue weighted by molar-refractivity contribution is 6.10. The fraction of sp³-hybridized carbons (Fsp3) is 0.375. The maximum absolute atomic E-state index is 12.1. The summed E-state index contributed by atoms with van der Waals surface area (Å²) in [5.74, 6) is -0.114. The number of fused-ring (bicyclic) bond motifs is 1. The molecule has 3 heteroatoms. The minimum Gasteiger partial charge on any atom is -0.358 e. The zero-order valence-corrected chi connectivity index (χ0v) is 11.8. The third-order valence-corrected chi connectivity index (χ3v) is 3.37. The van der Waals surface area contributed by atoms with E-state index in [9.17, 15) is 4.79 Å². The van der Waals surface area contributed by atoms with E-state index in [0.29, 0.717) is 5.56 Å². The Morgan fingerprint density at radius 3 is 2.63 bits per heavy atom. The molecule has 1 N–H and O–H groups in total. The second-order valence-electron chi connectivity index (χ2n) is 5.89. The summed E-state index contributed by atoms with van der Waals surface area (Å²) in [5, 5.41) is 9.62. The quantitative estimate of drug-likeness (QED) is 0.827. The van der Waals surface area contributed by atoms with E-state index < -0.39 is 0 Å². The first kappa shape index (κ1) is 13.4. The summed E-state index contributed by atoms with van der Waals surface area (Å²) in [6, 6.07) is 8.07. The topological polar surface area (TPSA) is 56.6 Å². The van der Waals surface area contributed by atoms with Crippen LogP contribution in [0.4, 0.5) is 0 Å². The zero-order valence-electron chi connectivity index (χ0n) is 11.8. The predicted octanol–water partition coefficient (Wildman–Crippen LogP) is 3.87. The third kappa shape index (κ3) is 2.39. The molecule has 0 saturated carbocycles. The van der Waals surface area contributed by atoms with Gasteiger partial charge in [-0.25, -0.2) is 0 Å². The van der Waals surface area contributed by atoms with Gasteiger partial charge in [0.2, 0.25) is 0 Å². The highest BCUT2D eigenvalue weighted by Gasteiger charge is 2.19. The van der Waals surface area contributed by atoms with E-state index in [1.807, 2.05) is 19.1 Å². The molecule has 0 spiro atoms. The number of nitriles is 1. The van der Waals surface area contributed by atoms with Gasteiger partial charge in [-0.2, -0.15) is 5.26 Å². The number of benzene rings is 1. The van der Waals surface area contributed by atoms with Crippen LogP contribution in [-0.2, 0) is 5.41 Å². The van der Waals surface area contributed by atoms with Crippen molar-refractivity contribution in [3.05, 3.63) is 35.0 Å². The molecule has 0 unspecified atom stereocenters. The largest absolute Gasteiger partial charge is 0.358 e. The highest BCUT2D eigenvalue weighted by atomic mass is 16.1. The van der Waals surface area contributed by atoms with Crippen LogP contribution in [-0.4, -0.2) is 10.8 Å². The van der Waals surface area contributed by atoms with Gasteiger partial charge in [-0.05, 0) is 30.0 Å². The van der Waals surface area contributed by atoms with Crippen molar-refractivity contribution in [3.8, 4) is 6.07 Å². The van der Waals surface area contributed by atoms with E-state index in [4.69, 9.17) is 5.26 Å². The molecule has 0 aliphatic rings. The van der Waals surface area contributed by atoms with Gasteiger partial charge < -0.3 is 4.98 Å². The van der Waals surface area contributed by atoms with Crippen LogP contribution in [0, 0.1) is 18.3 Å². The van der Waals surface area contributed by atoms with Crippen LogP contribution in [0.2, 0.25) is 0 Å². The number of hydrogen-bond donors (Lipinski definition) is 1. The molecule has 98 valence electrons. The van der Waals surface area contributed by atoms with Crippen molar-refractivity contribution in [3.63, 3.8) is 0 Å². The number of aromatic amines is 1. The van der Waals surface area contributed by atoms with Crippen molar-refractivity contribution in [2.45, 2.75) is 39.5 Å². The number of Topliss-reactive ketones (excluding diaryl/α,β-unsaturated/α-hetero) is 1. The van der Waals surface area contributed by atoms with Gasteiger partial charge in [0.1, 0.15) is 0 Å². The van der Waals surface area contributed by atoms with Gasteiger partial charge in [0.15, 0.2) is 5.78 Å². The van der Waals surface area contributed by atoms with Crippen LogP contribution in [0.3, 0.4) is 0 Å². The van der Waals surface area contributed by atoms with Crippen molar-refractivity contribution in [2.24, 2.45) is 0 Å². The van der Waals surface area contributed by atoms with Crippen LogP contribution in [0.5, 0.6) is 0 Å². The van der Waals surface area contributed by atoms with Crippen LogP contribution in [0.15, 0.2) is 18.2 Å². The monoisotopic (exact) mass is 254 g/mol. The van der Waals surface area contributed by atoms with Gasteiger partial charge in [0.25, 0.3) is 0 Å². The van der Waals surface area contributed by atoms with Gasteiger partial charge in [-0.15, -0.1) is 0 Å². The summed E-state index contributed by atoms with van der Waals surface area (Å²) in [5.41, 5.74) is 3.66. The van der Waals surface area contributed by atoms with E-state index in [1.165, 1.54) is 5.56 Å². The minimum atomic E-state index is -0.114. The molecule has 3 nitrogen and oxygen atoms in total. The number of hydrogen-bond acceptors (Lipinski definition) is 2. The third-order valence-electron chi connectivity index (χ3n) is 3.37. The Hall–Kier alpha value is -2.08. The van der Waals surface area contributed by atoms with Crippen molar-refractivity contribution in [1.29, 1.82) is 5.26 Å². The van der Waals surface area contributed by atoms with Crippen LogP contribution < -0.4 is 0 Å². The fourth-order valence-electron chi connectivity index (χ4n) is 2.31. The zero-order chi connectivity index (χ0) is 14.2. The fourth-order valence-corrected chi connectivity index (χ4v) is 2.31. The summed E-state index contributed by atoms with van der Waals surface area (Å²) in [6.07, 6.45) is -0.0759. The SMILES string of the molecule is Cc1[nH]c2ccc(C(C)(C)C)cc2c1C(=O)CC#N.